The van der Waals surface area contributed by atoms with Crippen molar-refractivity contribution in [2.75, 3.05) is 41.5 Å². The Morgan fingerprint density at radius 2 is 0.673 bits per heavy atom. The fraction of sp³-hybridized carbons (Fsp3) is 0.263. The average Bonchev–Trinajstić information content (AvgIpc) is 3.17. The molecular formula is C38H34N2O12. The van der Waals surface area contributed by atoms with Gasteiger partial charge in [-0.25, -0.2) is 0 Å². The van der Waals surface area contributed by atoms with Gasteiger partial charge < -0.3 is 18.9 Å². The molecule has 14 heteroatoms. The number of methoxy groups -OCH3 is 4. The van der Waals surface area contributed by atoms with Crippen molar-refractivity contribution in [3.05, 3.63) is 70.8 Å². The maximum atomic E-state index is 13.4. The monoisotopic (exact) mass is 710 g/mol. The Bertz CT molecular complexity index is 2050. The van der Waals surface area contributed by atoms with Crippen molar-refractivity contribution in [2.24, 2.45) is 0 Å². The molecule has 0 unspecified atom stereocenters. The van der Waals surface area contributed by atoms with Crippen LogP contribution in [-0.2, 0) is 38.1 Å². The molecule has 0 spiro atoms. The van der Waals surface area contributed by atoms with Crippen LogP contribution < -0.4 is 0 Å². The highest BCUT2D eigenvalue weighted by molar-refractivity contribution is 6.41. The summed E-state index contributed by atoms with van der Waals surface area (Å²) in [6.07, 6.45) is 0.938. The van der Waals surface area contributed by atoms with Crippen LogP contribution in [0.4, 0.5) is 0 Å². The predicted molar refractivity (Wildman–Crippen MR) is 187 cm³/mol. The zero-order valence-corrected chi connectivity index (χ0v) is 29.2. The highest BCUT2D eigenvalue weighted by atomic mass is 16.5. The van der Waals surface area contributed by atoms with E-state index in [1.54, 1.807) is 62.4 Å². The highest BCUT2D eigenvalue weighted by Gasteiger charge is 2.38. The smallest absolute Gasteiger partial charge is 0.325 e. The summed E-state index contributed by atoms with van der Waals surface area (Å²) in [7, 11) is 5.13. The third-order valence-electron chi connectivity index (χ3n) is 8.87. The number of hydrogen-bond acceptors (Lipinski definition) is 12. The Morgan fingerprint density at radius 1 is 0.423 bits per heavy atom. The maximum Gasteiger partial charge on any atom is 0.325 e. The van der Waals surface area contributed by atoms with E-state index >= 15 is 0 Å². The summed E-state index contributed by atoms with van der Waals surface area (Å²) in [5, 5.41) is 5.34. The van der Waals surface area contributed by atoms with Crippen LogP contribution in [-0.4, -0.2) is 98.8 Å². The van der Waals surface area contributed by atoms with Gasteiger partial charge in [-0.2, -0.15) is 0 Å². The number of carbonyl (C=O) groups excluding carboxylic acids is 8. The van der Waals surface area contributed by atoms with Crippen molar-refractivity contribution >= 4 is 90.6 Å². The number of benzene rings is 5. The number of amides is 4. The van der Waals surface area contributed by atoms with E-state index in [4.69, 9.17) is 0 Å². The zero-order chi connectivity index (χ0) is 38.0. The molecule has 0 atom stereocenters. The van der Waals surface area contributed by atoms with Crippen molar-refractivity contribution in [1.82, 2.24) is 9.80 Å². The summed E-state index contributed by atoms with van der Waals surface area (Å²) in [4.78, 5) is 98.9. The summed E-state index contributed by atoms with van der Waals surface area (Å²) in [5.41, 5.74) is 1.16. The van der Waals surface area contributed by atoms with Crippen LogP contribution in [0.1, 0.15) is 68.1 Å². The molecule has 0 aromatic heterocycles. The van der Waals surface area contributed by atoms with E-state index in [1.165, 1.54) is 28.4 Å². The van der Waals surface area contributed by atoms with Crippen LogP contribution in [0.25, 0.3) is 43.1 Å². The molecule has 0 saturated heterocycles. The molecule has 5 aromatic rings. The molecule has 0 saturated carbocycles. The van der Waals surface area contributed by atoms with E-state index < -0.39 is 48.7 Å². The Labute approximate surface area is 296 Å². The maximum absolute atomic E-state index is 13.4. The molecule has 0 aliphatic carbocycles. The number of fused-ring (bicyclic) bond motifs is 2. The zero-order valence-electron chi connectivity index (χ0n) is 29.2. The number of nitrogens with zero attached hydrogens (tertiary/aromatic N) is 2. The van der Waals surface area contributed by atoms with Crippen molar-refractivity contribution in [1.29, 1.82) is 0 Å². The summed E-state index contributed by atoms with van der Waals surface area (Å²) < 4.78 is 17.9. The standard InChI is InChI=1S/C30H18N2O8.2C4H8O2/c1-39-21(33)11-31-27(35)17-7-3-13-15-5-9-19-26-20(30(38)32(29(19)37)12-22(34)40-2)10-6-16(24(15)26)14-4-8-18(28(31)36)25(17)23(13)14;2*1-3-4(5)6-2/h3-10H,11-12H2,1-2H3;2*3H2,1-2H3. The van der Waals surface area contributed by atoms with E-state index in [0.717, 1.165) is 31.3 Å². The van der Waals surface area contributed by atoms with Crippen LogP contribution in [0.15, 0.2) is 48.5 Å². The second-order valence-corrected chi connectivity index (χ2v) is 11.5. The molecule has 268 valence electrons. The van der Waals surface area contributed by atoms with Gasteiger partial charge in [0, 0.05) is 45.9 Å². The summed E-state index contributed by atoms with van der Waals surface area (Å²) in [6.45, 7) is 2.51. The fourth-order valence-electron chi connectivity index (χ4n) is 6.33. The minimum Gasteiger partial charge on any atom is -0.469 e. The number of carbonyl (C=O) groups is 8. The molecule has 5 aromatic carbocycles. The largest absolute Gasteiger partial charge is 0.469 e. The summed E-state index contributed by atoms with van der Waals surface area (Å²) in [6, 6.07) is 13.6. The van der Waals surface area contributed by atoms with E-state index in [-0.39, 0.29) is 34.2 Å². The van der Waals surface area contributed by atoms with Crippen LogP contribution in [0.3, 0.4) is 0 Å². The van der Waals surface area contributed by atoms with Gasteiger partial charge in [0.1, 0.15) is 13.1 Å². The topological polar surface area (TPSA) is 180 Å². The summed E-state index contributed by atoms with van der Waals surface area (Å²) >= 11 is 0. The lowest BCUT2D eigenvalue weighted by Gasteiger charge is -2.29. The lowest BCUT2D eigenvalue weighted by Crippen LogP contribution is -2.43. The van der Waals surface area contributed by atoms with Gasteiger partial charge in [0.05, 0.1) is 28.4 Å². The first-order chi connectivity index (χ1) is 24.9. The molecule has 14 nitrogen and oxygen atoms in total. The normalized spacial score (nSPS) is 13.1. The van der Waals surface area contributed by atoms with Crippen molar-refractivity contribution in [2.45, 2.75) is 26.7 Å². The lowest BCUT2D eigenvalue weighted by atomic mass is 9.82. The van der Waals surface area contributed by atoms with Crippen LogP contribution in [0.5, 0.6) is 0 Å². The fourth-order valence-corrected chi connectivity index (χ4v) is 6.33. The molecule has 2 aliphatic heterocycles. The first kappa shape index (κ1) is 36.8. The summed E-state index contributed by atoms with van der Waals surface area (Å²) in [5.74, 6) is -4.11. The van der Waals surface area contributed by atoms with Crippen LogP contribution in [0, 0.1) is 0 Å². The molecule has 0 bridgehead atoms. The minimum atomic E-state index is -0.710. The van der Waals surface area contributed by atoms with E-state index in [9.17, 15) is 38.4 Å². The Hall–Kier alpha value is -6.44. The molecule has 2 heterocycles. The highest BCUT2D eigenvalue weighted by Crippen LogP contribution is 2.46. The van der Waals surface area contributed by atoms with E-state index in [0.29, 0.717) is 34.4 Å². The average molecular weight is 711 g/mol. The van der Waals surface area contributed by atoms with Crippen molar-refractivity contribution in [3.63, 3.8) is 0 Å². The van der Waals surface area contributed by atoms with E-state index in [1.807, 2.05) is 0 Å². The van der Waals surface area contributed by atoms with Crippen molar-refractivity contribution < 1.29 is 57.3 Å². The van der Waals surface area contributed by atoms with E-state index in [2.05, 4.69) is 18.9 Å². The van der Waals surface area contributed by atoms with Gasteiger partial charge in [-0.3, -0.25) is 48.2 Å². The molecule has 0 fully saturated rings. The molecule has 52 heavy (non-hydrogen) atoms. The number of imide groups is 2. The lowest BCUT2D eigenvalue weighted by molar-refractivity contribution is -0.141. The molecule has 2 aliphatic rings. The molecular weight excluding hydrogens is 676 g/mol. The van der Waals surface area contributed by atoms with Gasteiger partial charge in [-0.15, -0.1) is 0 Å². The van der Waals surface area contributed by atoms with Gasteiger partial charge in [0.25, 0.3) is 23.6 Å². The second kappa shape index (κ2) is 14.8. The van der Waals surface area contributed by atoms with Gasteiger partial charge in [-0.05, 0) is 56.6 Å². The Balaban J connectivity index is 0.000000378. The van der Waals surface area contributed by atoms with Gasteiger partial charge in [-0.1, -0.05) is 38.1 Å². The number of hydrogen-bond donors (Lipinski definition) is 0. The quantitative estimate of drug-likeness (QED) is 0.0798. The second-order valence-electron chi connectivity index (χ2n) is 11.5. The van der Waals surface area contributed by atoms with Gasteiger partial charge in [0.15, 0.2) is 0 Å². The first-order valence-electron chi connectivity index (χ1n) is 16.1. The third-order valence-corrected chi connectivity index (χ3v) is 8.87. The van der Waals surface area contributed by atoms with Crippen LogP contribution >= 0.6 is 0 Å². The molecule has 0 N–H and O–H groups in total. The SMILES string of the molecule is CCC(=O)OC.CCC(=O)OC.COC(=O)CN1C(=O)c2ccc3c4ccc5c6c(ccc(c7ccc(c2c37)C1=O)c64)C(=O)N(CC(=O)OC)C5=O. The number of rotatable bonds is 6. The third kappa shape index (κ3) is 6.12. The molecule has 4 amide bonds. The van der Waals surface area contributed by atoms with Gasteiger partial charge >= 0.3 is 23.9 Å². The van der Waals surface area contributed by atoms with Crippen molar-refractivity contribution in [3.8, 4) is 0 Å². The first-order valence-corrected chi connectivity index (χ1v) is 16.1. The molecule has 7 rings (SSSR count). The molecule has 0 radical (unpaired) electrons. The van der Waals surface area contributed by atoms with Gasteiger partial charge in [0.2, 0.25) is 0 Å². The predicted octanol–water partition coefficient (Wildman–Crippen LogP) is 4.41. The van der Waals surface area contributed by atoms with Crippen LogP contribution in [0.2, 0.25) is 0 Å². The number of ether oxygens (including phenoxy) is 4. The minimum absolute atomic E-state index is 0.157. The Kier molecular flexibility index (Phi) is 10.5. The number of esters is 4. The Morgan fingerprint density at radius 3 is 0.865 bits per heavy atom.